The maximum absolute atomic E-state index is 4.72. The molecule has 1 N–H and O–H groups in total. The topological polar surface area (TPSA) is 24.9 Å². The Kier molecular flexibility index (Phi) is 4.36. The Bertz CT molecular complexity index is 313. The molecule has 1 saturated heterocycles. The normalized spacial score (nSPS) is 20.8. The lowest BCUT2D eigenvalue weighted by atomic mass is 10.1. The first-order valence-electron chi connectivity index (χ1n) is 6.40. The fourth-order valence-corrected chi connectivity index (χ4v) is 2.98. The van der Waals surface area contributed by atoms with E-state index >= 15 is 0 Å². The van der Waals surface area contributed by atoms with Crippen molar-refractivity contribution in [3.63, 3.8) is 0 Å². The van der Waals surface area contributed by atoms with Gasteiger partial charge in [-0.25, -0.2) is 4.98 Å². The Morgan fingerprint density at radius 1 is 1.56 bits per heavy atom. The third-order valence-corrected chi connectivity index (χ3v) is 4.11. The van der Waals surface area contributed by atoms with E-state index in [1.807, 2.05) is 11.3 Å². The highest BCUT2D eigenvalue weighted by Crippen LogP contribution is 2.17. The van der Waals surface area contributed by atoms with Crippen LogP contribution in [-0.4, -0.2) is 17.6 Å². The molecule has 16 heavy (non-hydrogen) atoms. The van der Waals surface area contributed by atoms with E-state index in [0.29, 0.717) is 6.04 Å². The number of nitrogens with zero attached hydrogens (tertiary/aromatic N) is 1. The molecule has 0 spiro atoms. The Hall–Kier alpha value is -0.410. The van der Waals surface area contributed by atoms with E-state index in [2.05, 4.69) is 24.5 Å². The van der Waals surface area contributed by atoms with Gasteiger partial charge < -0.3 is 5.32 Å². The van der Waals surface area contributed by atoms with E-state index in [9.17, 15) is 0 Å². The van der Waals surface area contributed by atoms with Crippen molar-refractivity contribution in [3.8, 4) is 0 Å². The van der Waals surface area contributed by atoms with Crippen LogP contribution >= 0.6 is 11.3 Å². The van der Waals surface area contributed by atoms with Gasteiger partial charge in [-0.15, -0.1) is 11.3 Å². The zero-order valence-corrected chi connectivity index (χ0v) is 11.1. The lowest BCUT2D eigenvalue weighted by Crippen LogP contribution is -2.23. The Morgan fingerprint density at radius 3 is 3.12 bits per heavy atom. The van der Waals surface area contributed by atoms with Crippen molar-refractivity contribution < 1.29 is 0 Å². The van der Waals surface area contributed by atoms with Crippen molar-refractivity contribution in [1.29, 1.82) is 0 Å². The Balaban J connectivity index is 1.81. The molecule has 0 aliphatic carbocycles. The number of hydrogen-bond donors (Lipinski definition) is 1. The summed E-state index contributed by atoms with van der Waals surface area (Å²) in [6, 6.07) is 0.681. The molecule has 2 rings (SSSR count). The number of aryl methyl sites for hydroxylation is 1. The molecule has 1 aromatic rings. The third-order valence-electron chi connectivity index (χ3n) is 3.15. The van der Waals surface area contributed by atoms with Gasteiger partial charge in [0.2, 0.25) is 0 Å². The molecular formula is C13H22N2S. The summed E-state index contributed by atoms with van der Waals surface area (Å²) >= 11 is 1.84. The average molecular weight is 238 g/mol. The van der Waals surface area contributed by atoms with Gasteiger partial charge in [-0.1, -0.05) is 13.8 Å². The quantitative estimate of drug-likeness (QED) is 0.853. The second-order valence-electron chi connectivity index (χ2n) is 5.16. The summed E-state index contributed by atoms with van der Waals surface area (Å²) in [6.07, 6.45) is 6.18. The molecule has 3 heteroatoms. The van der Waals surface area contributed by atoms with E-state index in [0.717, 1.165) is 18.8 Å². The molecule has 1 aromatic heterocycles. The smallest absolute Gasteiger partial charge is 0.0928 e. The molecule has 1 atom stereocenters. The molecule has 0 aromatic carbocycles. The Morgan fingerprint density at radius 2 is 2.44 bits per heavy atom. The average Bonchev–Trinajstić information content (AvgIpc) is 2.87. The van der Waals surface area contributed by atoms with Gasteiger partial charge in [0, 0.05) is 17.8 Å². The summed E-state index contributed by atoms with van der Waals surface area (Å²) in [5.41, 5.74) is 1.29. The third kappa shape index (κ3) is 3.56. The molecule has 0 radical (unpaired) electrons. The second-order valence-corrected chi connectivity index (χ2v) is 6.11. The van der Waals surface area contributed by atoms with E-state index < -0.39 is 0 Å². The van der Waals surface area contributed by atoms with E-state index in [4.69, 9.17) is 4.98 Å². The summed E-state index contributed by atoms with van der Waals surface area (Å²) < 4.78 is 0. The lowest BCUT2D eigenvalue weighted by Gasteiger charge is -2.06. The van der Waals surface area contributed by atoms with Gasteiger partial charge >= 0.3 is 0 Å². The van der Waals surface area contributed by atoms with Crippen LogP contribution < -0.4 is 5.32 Å². The van der Waals surface area contributed by atoms with Crippen LogP contribution in [0.2, 0.25) is 0 Å². The molecule has 1 aliphatic heterocycles. The predicted octanol–water partition coefficient (Wildman–Crippen LogP) is 3.03. The van der Waals surface area contributed by atoms with Crippen LogP contribution in [0.4, 0.5) is 0 Å². The molecule has 90 valence electrons. The van der Waals surface area contributed by atoms with Gasteiger partial charge in [-0.2, -0.15) is 0 Å². The highest BCUT2D eigenvalue weighted by Gasteiger charge is 2.15. The van der Waals surface area contributed by atoms with Crippen LogP contribution in [-0.2, 0) is 12.8 Å². The minimum Gasteiger partial charge on any atom is -0.314 e. The molecule has 1 aliphatic rings. The summed E-state index contributed by atoms with van der Waals surface area (Å²) in [4.78, 5) is 4.72. The number of rotatable bonds is 5. The molecule has 0 saturated carbocycles. The maximum atomic E-state index is 4.72. The first kappa shape index (κ1) is 12.1. The van der Waals surface area contributed by atoms with Crippen LogP contribution in [0.15, 0.2) is 5.38 Å². The summed E-state index contributed by atoms with van der Waals surface area (Å²) in [7, 11) is 0. The summed E-state index contributed by atoms with van der Waals surface area (Å²) in [5.74, 6) is 0.781. The largest absolute Gasteiger partial charge is 0.314 e. The van der Waals surface area contributed by atoms with Gasteiger partial charge in [-0.3, -0.25) is 0 Å². The monoisotopic (exact) mass is 238 g/mol. The van der Waals surface area contributed by atoms with Gasteiger partial charge in [0.25, 0.3) is 0 Å². The van der Waals surface area contributed by atoms with Crippen LogP contribution in [0, 0.1) is 5.92 Å². The zero-order valence-electron chi connectivity index (χ0n) is 10.3. The highest BCUT2D eigenvalue weighted by molar-refractivity contribution is 7.09. The van der Waals surface area contributed by atoms with E-state index in [1.165, 1.54) is 36.5 Å². The lowest BCUT2D eigenvalue weighted by molar-refractivity contribution is 0.579. The molecule has 2 heterocycles. The molecule has 1 unspecified atom stereocenters. The minimum absolute atomic E-state index is 0.681. The van der Waals surface area contributed by atoms with Crippen LogP contribution in [0.25, 0.3) is 0 Å². The number of aromatic nitrogens is 1. The second kappa shape index (κ2) is 5.78. The van der Waals surface area contributed by atoms with E-state index in [-0.39, 0.29) is 0 Å². The molecular weight excluding hydrogens is 216 g/mol. The van der Waals surface area contributed by atoms with Crippen LogP contribution in [0.5, 0.6) is 0 Å². The number of thiazole rings is 1. The van der Waals surface area contributed by atoms with Crippen molar-refractivity contribution in [1.82, 2.24) is 10.3 Å². The van der Waals surface area contributed by atoms with Gasteiger partial charge in [0.1, 0.15) is 0 Å². The fourth-order valence-electron chi connectivity index (χ4n) is 2.15. The Labute approximate surface area is 102 Å². The highest BCUT2D eigenvalue weighted by atomic mass is 32.1. The maximum Gasteiger partial charge on any atom is 0.0928 e. The van der Waals surface area contributed by atoms with Crippen molar-refractivity contribution in [3.05, 3.63) is 16.1 Å². The molecule has 2 nitrogen and oxygen atoms in total. The number of hydrogen-bond acceptors (Lipinski definition) is 3. The first-order chi connectivity index (χ1) is 7.74. The van der Waals surface area contributed by atoms with Crippen molar-refractivity contribution >= 4 is 11.3 Å². The SMILES string of the molecule is CC(C)CCc1nc(CC2CCCN2)cs1. The zero-order chi connectivity index (χ0) is 11.4. The first-order valence-corrected chi connectivity index (χ1v) is 7.28. The van der Waals surface area contributed by atoms with E-state index in [1.54, 1.807) is 0 Å². The van der Waals surface area contributed by atoms with Gasteiger partial charge in [0.05, 0.1) is 10.7 Å². The van der Waals surface area contributed by atoms with Crippen molar-refractivity contribution in [2.45, 2.75) is 52.0 Å². The summed E-state index contributed by atoms with van der Waals surface area (Å²) in [6.45, 7) is 5.74. The van der Waals surface area contributed by atoms with Crippen LogP contribution in [0.3, 0.4) is 0 Å². The van der Waals surface area contributed by atoms with Gasteiger partial charge in [0.15, 0.2) is 0 Å². The van der Waals surface area contributed by atoms with Gasteiger partial charge in [-0.05, 0) is 38.1 Å². The summed E-state index contributed by atoms with van der Waals surface area (Å²) in [5, 5.41) is 7.10. The minimum atomic E-state index is 0.681. The van der Waals surface area contributed by atoms with Crippen molar-refractivity contribution in [2.24, 2.45) is 5.92 Å². The predicted molar refractivity (Wildman–Crippen MR) is 70.0 cm³/mol. The molecule has 0 bridgehead atoms. The van der Waals surface area contributed by atoms with Crippen LogP contribution in [0.1, 0.15) is 43.8 Å². The standard InChI is InChI=1S/C13H22N2S/c1-10(2)5-6-13-15-12(9-16-13)8-11-4-3-7-14-11/h9-11,14H,3-8H2,1-2H3. The fraction of sp³-hybridized carbons (Fsp3) is 0.769. The number of nitrogens with one attached hydrogen (secondary N) is 1. The molecule has 1 fully saturated rings. The molecule has 0 amide bonds. The van der Waals surface area contributed by atoms with Crippen molar-refractivity contribution in [2.75, 3.05) is 6.54 Å².